The molecule has 0 aliphatic carbocycles. The normalized spacial score (nSPS) is 20.1. The standard InChI is InChI=1S/C10H14N6O/c11-10-15-8-7(9(17)16-10)13-6(14-8)4-5-2-1-3-12-5/h5,12H,1-4H2,(H4,11,13,14,15,16,17). The number of aromatic amines is 2. The molecule has 1 saturated heterocycles. The van der Waals surface area contributed by atoms with E-state index in [4.69, 9.17) is 5.73 Å². The summed E-state index contributed by atoms with van der Waals surface area (Å²) in [5.74, 6) is 0.877. The molecule has 2 aromatic rings. The molecule has 1 aliphatic heterocycles. The third kappa shape index (κ3) is 1.89. The van der Waals surface area contributed by atoms with Crippen LogP contribution in [0.5, 0.6) is 0 Å². The van der Waals surface area contributed by atoms with Crippen molar-refractivity contribution in [1.82, 2.24) is 25.3 Å². The first kappa shape index (κ1) is 10.3. The molecule has 1 atom stereocenters. The van der Waals surface area contributed by atoms with E-state index in [1.54, 1.807) is 0 Å². The molecule has 0 spiro atoms. The van der Waals surface area contributed by atoms with E-state index >= 15 is 0 Å². The molecule has 0 bridgehead atoms. The molecule has 5 N–H and O–H groups in total. The Kier molecular flexibility index (Phi) is 2.32. The minimum Gasteiger partial charge on any atom is -0.369 e. The fourth-order valence-corrected chi connectivity index (χ4v) is 2.23. The summed E-state index contributed by atoms with van der Waals surface area (Å²) in [5.41, 5.74) is 5.98. The molecule has 1 unspecified atom stereocenters. The highest BCUT2D eigenvalue weighted by Crippen LogP contribution is 2.12. The summed E-state index contributed by atoms with van der Waals surface area (Å²) in [5, 5.41) is 3.38. The Labute approximate surface area is 96.9 Å². The number of nitrogen functional groups attached to an aromatic ring is 1. The predicted octanol–water partition coefficient (Wildman–Crippen LogP) is -0.477. The number of nitrogens with two attached hydrogens (primary N) is 1. The first-order valence-corrected chi connectivity index (χ1v) is 5.70. The third-order valence-electron chi connectivity index (χ3n) is 3.03. The monoisotopic (exact) mass is 234 g/mol. The van der Waals surface area contributed by atoms with Crippen LogP contribution in [0.25, 0.3) is 11.2 Å². The fraction of sp³-hybridized carbons (Fsp3) is 0.500. The summed E-state index contributed by atoms with van der Waals surface area (Å²) in [6.45, 7) is 1.05. The van der Waals surface area contributed by atoms with Gasteiger partial charge < -0.3 is 16.0 Å². The molecule has 7 heteroatoms. The van der Waals surface area contributed by atoms with E-state index in [0.29, 0.717) is 17.2 Å². The lowest BCUT2D eigenvalue weighted by molar-refractivity contribution is 0.589. The van der Waals surface area contributed by atoms with Crippen molar-refractivity contribution in [3.8, 4) is 0 Å². The van der Waals surface area contributed by atoms with Crippen LogP contribution in [-0.4, -0.2) is 32.5 Å². The van der Waals surface area contributed by atoms with Gasteiger partial charge in [0.1, 0.15) is 5.82 Å². The zero-order chi connectivity index (χ0) is 11.8. The Morgan fingerprint density at radius 3 is 3.00 bits per heavy atom. The maximum absolute atomic E-state index is 11.6. The quantitative estimate of drug-likeness (QED) is 0.560. The van der Waals surface area contributed by atoms with Crippen molar-refractivity contribution in [2.75, 3.05) is 12.3 Å². The van der Waals surface area contributed by atoms with Crippen LogP contribution in [0.2, 0.25) is 0 Å². The number of H-pyrrole nitrogens is 2. The highest BCUT2D eigenvalue weighted by Gasteiger charge is 2.17. The number of anilines is 1. The van der Waals surface area contributed by atoms with Gasteiger partial charge in [-0.2, -0.15) is 4.98 Å². The van der Waals surface area contributed by atoms with E-state index < -0.39 is 0 Å². The van der Waals surface area contributed by atoms with E-state index in [2.05, 4.69) is 25.3 Å². The van der Waals surface area contributed by atoms with E-state index in [-0.39, 0.29) is 11.5 Å². The van der Waals surface area contributed by atoms with Gasteiger partial charge in [-0.05, 0) is 19.4 Å². The topological polar surface area (TPSA) is 112 Å². The van der Waals surface area contributed by atoms with Crippen LogP contribution in [0.3, 0.4) is 0 Å². The molecule has 0 amide bonds. The summed E-state index contributed by atoms with van der Waals surface area (Å²) >= 11 is 0. The van der Waals surface area contributed by atoms with E-state index in [1.165, 1.54) is 6.42 Å². The molecule has 3 heterocycles. The molecule has 90 valence electrons. The Morgan fingerprint density at radius 2 is 2.24 bits per heavy atom. The van der Waals surface area contributed by atoms with Gasteiger partial charge in [0, 0.05) is 12.5 Å². The number of imidazole rings is 1. The highest BCUT2D eigenvalue weighted by atomic mass is 16.1. The second kappa shape index (κ2) is 3.85. The van der Waals surface area contributed by atoms with Crippen LogP contribution in [0.4, 0.5) is 5.95 Å². The van der Waals surface area contributed by atoms with Gasteiger partial charge in [0.05, 0.1) is 0 Å². The molecule has 2 aromatic heterocycles. The SMILES string of the molecule is Nc1nc2nc(CC3CCCN3)[nH]c2c(=O)[nH]1. The lowest BCUT2D eigenvalue weighted by Crippen LogP contribution is -2.24. The molecule has 1 aliphatic rings. The molecule has 0 radical (unpaired) electrons. The van der Waals surface area contributed by atoms with Crippen molar-refractivity contribution in [2.45, 2.75) is 25.3 Å². The van der Waals surface area contributed by atoms with E-state index in [0.717, 1.165) is 25.2 Å². The number of rotatable bonds is 2. The zero-order valence-electron chi connectivity index (χ0n) is 9.29. The molecule has 3 rings (SSSR count). The van der Waals surface area contributed by atoms with Crippen molar-refractivity contribution in [2.24, 2.45) is 0 Å². The van der Waals surface area contributed by atoms with Crippen LogP contribution in [0, 0.1) is 0 Å². The Balaban J connectivity index is 1.95. The second-order valence-electron chi connectivity index (χ2n) is 4.33. The number of nitrogens with one attached hydrogen (secondary N) is 3. The van der Waals surface area contributed by atoms with Crippen LogP contribution < -0.4 is 16.6 Å². The number of aromatic nitrogens is 4. The molecule has 0 aromatic carbocycles. The molecule has 1 fully saturated rings. The lowest BCUT2D eigenvalue weighted by atomic mass is 10.1. The van der Waals surface area contributed by atoms with Crippen LogP contribution >= 0.6 is 0 Å². The van der Waals surface area contributed by atoms with Crippen molar-refractivity contribution >= 4 is 17.1 Å². The van der Waals surface area contributed by atoms with E-state index in [9.17, 15) is 4.79 Å². The van der Waals surface area contributed by atoms with Crippen molar-refractivity contribution < 1.29 is 0 Å². The summed E-state index contributed by atoms with van der Waals surface area (Å²) < 4.78 is 0. The number of hydrogen-bond acceptors (Lipinski definition) is 5. The number of hydrogen-bond donors (Lipinski definition) is 4. The van der Waals surface area contributed by atoms with Gasteiger partial charge in [-0.3, -0.25) is 9.78 Å². The predicted molar refractivity (Wildman–Crippen MR) is 63.7 cm³/mol. The van der Waals surface area contributed by atoms with Crippen molar-refractivity contribution in [1.29, 1.82) is 0 Å². The third-order valence-corrected chi connectivity index (χ3v) is 3.03. The van der Waals surface area contributed by atoms with Crippen molar-refractivity contribution in [3.05, 3.63) is 16.2 Å². The second-order valence-corrected chi connectivity index (χ2v) is 4.33. The van der Waals surface area contributed by atoms with Crippen LogP contribution in [0.15, 0.2) is 4.79 Å². The maximum atomic E-state index is 11.6. The fourth-order valence-electron chi connectivity index (χ4n) is 2.23. The van der Waals surface area contributed by atoms with Gasteiger partial charge in [0.15, 0.2) is 11.2 Å². The maximum Gasteiger partial charge on any atom is 0.278 e. The molecule has 7 nitrogen and oxygen atoms in total. The molecular weight excluding hydrogens is 220 g/mol. The van der Waals surface area contributed by atoms with Gasteiger partial charge in [-0.1, -0.05) is 0 Å². The Hall–Kier alpha value is -1.89. The van der Waals surface area contributed by atoms with Crippen LogP contribution in [0.1, 0.15) is 18.7 Å². The number of fused-ring (bicyclic) bond motifs is 1. The largest absolute Gasteiger partial charge is 0.369 e. The molecular formula is C10H14N6O. The van der Waals surface area contributed by atoms with Gasteiger partial charge in [0.2, 0.25) is 5.95 Å². The van der Waals surface area contributed by atoms with Crippen LogP contribution in [-0.2, 0) is 6.42 Å². The summed E-state index contributed by atoms with van der Waals surface area (Å²) in [6.07, 6.45) is 3.12. The first-order valence-electron chi connectivity index (χ1n) is 5.70. The summed E-state index contributed by atoms with van der Waals surface area (Å²) in [6, 6.07) is 0.437. The minimum atomic E-state index is -0.273. The summed E-state index contributed by atoms with van der Waals surface area (Å²) in [7, 11) is 0. The zero-order valence-corrected chi connectivity index (χ0v) is 9.29. The Bertz CT molecular complexity index is 594. The first-order chi connectivity index (χ1) is 8.22. The average Bonchev–Trinajstić information content (AvgIpc) is 2.87. The molecule has 0 saturated carbocycles. The number of nitrogens with zero attached hydrogens (tertiary/aromatic N) is 2. The summed E-state index contributed by atoms with van der Waals surface area (Å²) in [4.78, 5) is 25.3. The molecule has 17 heavy (non-hydrogen) atoms. The van der Waals surface area contributed by atoms with Gasteiger partial charge >= 0.3 is 0 Å². The minimum absolute atomic E-state index is 0.0968. The smallest absolute Gasteiger partial charge is 0.278 e. The van der Waals surface area contributed by atoms with Crippen molar-refractivity contribution in [3.63, 3.8) is 0 Å². The van der Waals surface area contributed by atoms with Gasteiger partial charge in [-0.15, -0.1) is 0 Å². The highest BCUT2D eigenvalue weighted by molar-refractivity contribution is 5.70. The Morgan fingerprint density at radius 1 is 1.35 bits per heavy atom. The van der Waals surface area contributed by atoms with E-state index in [1.807, 2.05) is 0 Å². The van der Waals surface area contributed by atoms with Gasteiger partial charge in [-0.25, -0.2) is 4.98 Å². The van der Waals surface area contributed by atoms with Gasteiger partial charge in [0.25, 0.3) is 5.56 Å². The average molecular weight is 234 g/mol. The lowest BCUT2D eigenvalue weighted by Gasteiger charge is -2.06.